The fourth-order valence-corrected chi connectivity index (χ4v) is 3.02. The Hall–Kier alpha value is -0.120. The monoisotopic (exact) mass is 240 g/mol. The van der Waals surface area contributed by atoms with E-state index in [1.807, 2.05) is 7.11 Å². The van der Waals surface area contributed by atoms with Gasteiger partial charge < -0.3 is 15.4 Å². The van der Waals surface area contributed by atoms with Crippen molar-refractivity contribution in [3.8, 4) is 0 Å². The molecule has 0 amide bonds. The van der Waals surface area contributed by atoms with Crippen LogP contribution in [0.1, 0.15) is 51.9 Å². The number of hydrogen-bond acceptors (Lipinski definition) is 3. The van der Waals surface area contributed by atoms with Crippen molar-refractivity contribution in [3.63, 3.8) is 0 Å². The van der Waals surface area contributed by atoms with E-state index in [1.165, 1.54) is 51.5 Å². The van der Waals surface area contributed by atoms with Crippen molar-refractivity contribution in [3.05, 3.63) is 0 Å². The molecule has 1 saturated carbocycles. The number of methoxy groups -OCH3 is 1. The Balaban J connectivity index is 1.64. The highest BCUT2D eigenvalue weighted by Gasteiger charge is 2.36. The van der Waals surface area contributed by atoms with Crippen LogP contribution < -0.4 is 10.6 Å². The van der Waals surface area contributed by atoms with Crippen molar-refractivity contribution in [2.45, 2.75) is 69.6 Å². The molecule has 0 aromatic rings. The summed E-state index contributed by atoms with van der Waals surface area (Å²) in [5, 5.41) is 7.28. The number of rotatable bonds is 6. The van der Waals surface area contributed by atoms with Gasteiger partial charge >= 0.3 is 0 Å². The summed E-state index contributed by atoms with van der Waals surface area (Å²) in [7, 11) is 1.86. The first-order valence-corrected chi connectivity index (χ1v) is 7.26. The summed E-state index contributed by atoms with van der Waals surface area (Å²) in [5.41, 5.74) is 0.161. The van der Waals surface area contributed by atoms with Gasteiger partial charge in [0.05, 0.1) is 5.60 Å². The molecule has 1 aliphatic heterocycles. The molecule has 2 unspecified atom stereocenters. The largest absolute Gasteiger partial charge is 0.377 e. The third kappa shape index (κ3) is 3.67. The summed E-state index contributed by atoms with van der Waals surface area (Å²) in [6, 6.07) is 1.32. The minimum absolute atomic E-state index is 0.161. The number of nitrogens with one attached hydrogen (secondary N) is 2. The van der Waals surface area contributed by atoms with Crippen molar-refractivity contribution in [2.75, 3.05) is 20.2 Å². The second-order valence-corrected chi connectivity index (χ2v) is 5.91. The molecule has 0 spiro atoms. The zero-order chi connectivity index (χ0) is 12.1. The van der Waals surface area contributed by atoms with E-state index < -0.39 is 0 Å². The quantitative estimate of drug-likeness (QED) is 0.745. The molecule has 17 heavy (non-hydrogen) atoms. The minimum Gasteiger partial charge on any atom is -0.377 e. The lowest BCUT2D eigenvalue weighted by atomic mass is 9.79. The van der Waals surface area contributed by atoms with Gasteiger partial charge in [0.2, 0.25) is 0 Å². The van der Waals surface area contributed by atoms with Gasteiger partial charge in [-0.1, -0.05) is 6.42 Å². The average molecular weight is 240 g/mol. The Morgan fingerprint density at radius 2 is 2.18 bits per heavy atom. The van der Waals surface area contributed by atoms with Gasteiger partial charge in [0, 0.05) is 25.7 Å². The predicted octanol–water partition coefficient (Wildman–Crippen LogP) is 2.07. The first kappa shape index (κ1) is 13.3. The standard InChI is InChI=1S/C14H28N2O/c1-12(10-13-6-3-4-9-15-13)16-11-14(17-2)7-5-8-14/h12-13,15-16H,3-11H2,1-2H3. The first-order valence-electron chi connectivity index (χ1n) is 7.26. The van der Waals surface area contributed by atoms with Crippen LogP contribution in [-0.2, 0) is 4.74 Å². The molecule has 3 nitrogen and oxygen atoms in total. The van der Waals surface area contributed by atoms with Crippen molar-refractivity contribution in [1.82, 2.24) is 10.6 Å². The molecule has 1 aliphatic carbocycles. The topological polar surface area (TPSA) is 33.3 Å². The summed E-state index contributed by atoms with van der Waals surface area (Å²) in [5.74, 6) is 0. The zero-order valence-electron chi connectivity index (χ0n) is 11.4. The normalized spacial score (nSPS) is 29.6. The highest BCUT2D eigenvalue weighted by Crippen LogP contribution is 2.34. The van der Waals surface area contributed by atoms with E-state index in [4.69, 9.17) is 4.74 Å². The van der Waals surface area contributed by atoms with Crippen LogP contribution in [0.4, 0.5) is 0 Å². The van der Waals surface area contributed by atoms with Crippen molar-refractivity contribution < 1.29 is 4.74 Å². The molecule has 100 valence electrons. The maximum absolute atomic E-state index is 5.64. The lowest BCUT2D eigenvalue weighted by Crippen LogP contribution is -2.51. The zero-order valence-corrected chi connectivity index (χ0v) is 11.4. The van der Waals surface area contributed by atoms with Gasteiger partial charge in [0.1, 0.15) is 0 Å². The van der Waals surface area contributed by atoms with E-state index in [1.54, 1.807) is 0 Å². The van der Waals surface area contributed by atoms with E-state index >= 15 is 0 Å². The van der Waals surface area contributed by atoms with Gasteiger partial charge in [-0.2, -0.15) is 0 Å². The highest BCUT2D eigenvalue weighted by atomic mass is 16.5. The average Bonchev–Trinajstić information content (AvgIpc) is 2.29. The molecule has 2 atom stereocenters. The fourth-order valence-electron chi connectivity index (χ4n) is 3.02. The Morgan fingerprint density at radius 1 is 1.35 bits per heavy atom. The molecule has 2 N–H and O–H groups in total. The molecule has 1 heterocycles. The Morgan fingerprint density at radius 3 is 2.71 bits per heavy atom. The molecule has 1 saturated heterocycles. The molecule has 2 fully saturated rings. The van der Waals surface area contributed by atoms with Crippen LogP contribution in [0.25, 0.3) is 0 Å². The minimum atomic E-state index is 0.161. The molecule has 2 rings (SSSR count). The lowest BCUT2D eigenvalue weighted by Gasteiger charge is -2.41. The highest BCUT2D eigenvalue weighted by molar-refractivity contribution is 4.92. The molecular weight excluding hydrogens is 212 g/mol. The number of piperidine rings is 1. The molecule has 0 aromatic heterocycles. The van der Waals surface area contributed by atoms with Crippen LogP contribution in [0, 0.1) is 0 Å². The molecule has 0 aromatic carbocycles. The summed E-state index contributed by atoms with van der Waals surface area (Å²) >= 11 is 0. The van der Waals surface area contributed by atoms with Crippen LogP contribution >= 0.6 is 0 Å². The van der Waals surface area contributed by atoms with Crippen molar-refractivity contribution in [2.24, 2.45) is 0 Å². The predicted molar refractivity (Wildman–Crippen MR) is 71.3 cm³/mol. The van der Waals surface area contributed by atoms with Crippen molar-refractivity contribution >= 4 is 0 Å². The van der Waals surface area contributed by atoms with Crippen LogP contribution in [0.15, 0.2) is 0 Å². The van der Waals surface area contributed by atoms with Crippen LogP contribution in [-0.4, -0.2) is 37.9 Å². The van der Waals surface area contributed by atoms with Gasteiger partial charge in [-0.05, 0) is 52.0 Å². The summed E-state index contributed by atoms with van der Waals surface area (Å²) < 4.78 is 5.64. The second kappa shape index (κ2) is 6.17. The van der Waals surface area contributed by atoms with E-state index in [9.17, 15) is 0 Å². The maximum atomic E-state index is 5.64. The van der Waals surface area contributed by atoms with Crippen molar-refractivity contribution in [1.29, 1.82) is 0 Å². The fraction of sp³-hybridized carbons (Fsp3) is 1.00. The van der Waals surface area contributed by atoms with Gasteiger partial charge in [0.25, 0.3) is 0 Å². The van der Waals surface area contributed by atoms with Gasteiger partial charge in [0.15, 0.2) is 0 Å². The van der Waals surface area contributed by atoms with Gasteiger partial charge in [-0.3, -0.25) is 0 Å². The van der Waals surface area contributed by atoms with E-state index in [-0.39, 0.29) is 5.60 Å². The van der Waals surface area contributed by atoms with E-state index in [0.29, 0.717) is 6.04 Å². The Kier molecular flexibility index (Phi) is 4.83. The van der Waals surface area contributed by atoms with Crippen LogP contribution in [0.5, 0.6) is 0 Å². The maximum Gasteiger partial charge on any atom is 0.0802 e. The van der Waals surface area contributed by atoms with E-state index in [2.05, 4.69) is 17.6 Å². The summed E-state index contributed by atoms with van der Waals surface area (Å²) in [6.07, 6.45) is 9.13. The SMILES string of the molecule is COC1(CNC(C)CC2CCCCN2)CCC1. The first-order chi connectivity index (χ1) is 8.24. The Labute approximate surface area is 106 Å². The summed E-state index contributed by atoms with van der Waals surface area (Å²) in [4.78, 5) is 0. The number of hydrogen-bond donors (Lipinski definition) is 2. The molecule has 0 bridgehead atoms. The van der Waals surface area contributed by atoms with Gasteiger partial charge in [-0.15, -0.1) is 0 Å². The third-order valence-corrected chi connectivity index (χ3v) is 4.52. The molecule has 3 heteroatoms. The molecule has 0 radical (unpaired) electrons. The van der Waals surface area contributed by atoms with Crippen LogP contribution in [0.3, 0.4) is 0 Å². The third-order valence-electron chi connectivity index (χ3n) is 4.52. The molecule has 2 aliphatic rings. The Bertz CT molecular complexity index is 217. The molecular formula is C14H28N2O. The van der Waals surface area contributed by atoms with Crippen LogP contribution in [0.2, 0.25) is 0 Å². The number of ether oxygens (including phenoxy) is 1. The lowest BCUT2D eigenvalue weighted by molar-refractivity contribution is -0.0708. The van der Waals surface area contributed by atoms with Gasteiger partial charge in [-0.25, -0.2) is 0 Å². The second-order valence-electron chi connectivity index (χ2n) is 5.91. The summed E-state index contributed by atoms with van der Waals surface area (Å²) in [6.45, 7) is 4.54. The smallest absolute Gasteiger partial charge is 0.0802 e. The van der Waals surface area contributed by atoms with E-state index in [0.717, 1.165) is 12.6 Å².